The number of carbonyl (C=O) groups excluding carboxylic acids is 1. The summed E-state index contributed by atoms with van der Waals surface area (Å²) in [4.78, 5) is 11.2. The van der Waals surface area contributed by atoms with Crippen LogP contribution in [0.5, 0.6) is 0 Å². The highest BCUT2D eigenvalue weighted by Gasteiger charge is 2.22. The first kappa shape index (κ1) is 16.4. The van der Waals surface area contributed by atoms with E-state index in [2.05, 4.69) is 15.9 Å². The molecule has 1 aromatic rings. The fourth-order valence-corrected chi connectivity index (χ4v) is 3.29. The van der Waals surface area contributed by atoms with Gasteiger partial charge < -0.3 is 4.74 Å². The summed E-state index contributed by atoms with van der Waals surface area (Å²) in [6.45, 7) is 3.49. The van der Waals surface area contributed by atoms with E-state index >= 15 is 0 Å². The topological polar surface area (TPSA) is 60.4 Å². The molecule has 1 atom stereocenters. The zero-order chi connectivity index (χ0) is 14.8. The highest BCUT2D eigenvalue weighted by atomic mass is 79.9. The maximum absolute atomic E-state index is 13.6. The van der Waals surface area contributed by atoms with Gasteiger partial charge in [-0.1, -0.05) is 6.92 Å². The van der Waals surface area contributed by atoms with Gasteiger partial charge in [0.05, 0.1) is 16.1 Å². The van der Waals surface area contributed by atoms with Crippen LogP contribution in [0, 0.1) is 5.82 Å². The molecule has 0 bridgehead atoms. The van der Waals surface area contributed by atoms with Gasteiger partial charge in [-0.3, -0.25) is 0 Å². The van der Waals surface area contributed by atoms with E-state index in [-0.39, 0.29) is 16.1 Å². The van der Waals surface area contributed by atoms with Crippen LogP contribution in [0.2, 0.25) is 0 Å². The van der Waals surface area contributed by atoms with Crippen LogP contribution in [0.4, 0.5) is 4.39 Å². The molecule has 1 unspecified atom stereocenters. The fourth-order valence-electron chi connectivity index (χ4n) is 1.19. The Bertz CT molecular complexity index is 603. The number of benzene rings is 1. The minimum Gasteiger partial charge on any atom is -0.459 e. The van der Waals surface area contributed by atoms with Gasteiger partial charge >= 0.3 is 5.97 Å². The molecule has 4 nitrogen and oxygen atoms in total. The molecule has 106 valence electrons. The smallest absolute Gasteiger partial charge is 0.338 e. The van der Waals surface area contributed by atoms with Crippen molar-refractivity contribution >= 4 is 41.6 Å². The van der Waals surface area contributed by atoms with Crippen molar-refractivity contribution in [3.05, 3.63) is 28.0 Å². The molecule has 0 aliphatic carbocycles. The van der Waals surface area contributed by atoms with Crippen LogP contribution in [0.15, 0.2) is 21.5 Å². The third-order valence-corrected chi connectivity index (χ3v) is 4.79. The van der Waals surface area contributed by atoms with E-state index in [0.717, 1.165) is 12.1 Å². The second-order valence-corrected chi connectivity index (χ2v) is 7.16. The lowest BCUT2D eigenvalue weighted by Gasteiger charge is -2.12. The summed E-state index contributed by atoms with van der Waals surface area (Å²) in [6, 6.07) is 1.86. The molecule has 0 amide bonds. The monoisotopic (exact) mass is 372 g/mol. The Morgan fingerprint density at radius 1 is 1.53 bits per heavy atom. The normalized spacial score (nSPS) is 13.1. The molecular formula is C11H11BrClFO4S. The summed E-state index contributed by atoms with van der Waals surface area (Å²) in [5, 5.41) is 0. The Morgan fingerprint density at radius 2 is 2.11 bits per heavy atom. The summed E-state index contributed by atoms with van der Waals surface area (Å²) < 4.78 is 40.8. The van der Waals surface area contributed by atoms with Crippen molar-refractivity contribution in [1.82, 2.24) is 0 Å². The van der Waals surface area contributed by atoms with Crippen LogP contribution < -0.4 is 0 Å². The van der Waals surface area contributed by atoms with E-state index < -0.39 is 25.7 Å². The summed E-state index contributed by atoms with van der Waals surface area (Å²) in [7, 11) is 1.00. The molecule has 0 spiro atoms. The predicted octanol–water partition coefficient (Wildman–Crippen LogP) is 3.47. The predicted molar refractivity (Wildman–Crippen MR) is 72.3 cm³/mol. The molecule has 8 heteroatoms. The fraction of sp³-hybridized carbons (Fsp3) is 0.364. The quantitative estimate of drug-likeness (QED) is 0.599. The van der Waals surface area contributed by atoms with Gasteiger partial charge in [-0.05, 0) is 41.4 Å². The highest BCUT2D eigenvalue weighted by Crippen LogP contribution is 2.29. The lowest BCUT2D eigenvalue weighted by atomic mass is 10.2. The molecule has 0 fully saturated rings. The van der Waals surface area contributed by atoms with Crippen molar-refractivity contribution in [2.45, 2.75) is 31.3 Å². The van der Waals surface area contributed by atoms with Crippen LogP contribution >= 0.6 is 26.6 Å². The van der Waals surface area contributed by atoms with Crippen LogP contribution in [0.3, 0.4) is 0 Å². The molecular weight excluding hydrogens is 363 g/mol. The molecule has 1 rings (SSSR count). The Hall–Kier alpha value is -0.660. The van der Waals surface area contributed by atoms with Crippen molar-refractivity contribution < 1.29 is 22.3 Å². The Kier molecular flexibility index (Phi) is 5.34. The van der Waals surface area contributed by atoms with E-state index in [1.807, 2.05) is 6.92 Å². The maximum Gasteiger partial charge on any atom is 0.338 e. The van der Waals surface area contributed by atoms with Crippen molar-refractivity contribution in [2.75, 3.05) is 0 Å². The van der Waals surface area contributed by atoms with E-state index in [1.54, 1.807) is 6.92 Å². The van der Waals surface area contributed by atoms with Gasteiger partial charge in [0.1, 0.15) is 10.7 Å². The maximum atomic E-state index is 13.6. The van der Waals surface area contributed by atoms with Gasteiger partial charge in [0.25, 0.3) is 9.05 Å². The summed E-state index contributed by atoms with van der Waals surface area (Å²) in [5.74, 6) is -1.71. The van der Waals surface area contributed by atoms with Gasteiger partial charge in [-0.2, -0.15) is 0 Å². The van der Waals surface area contributed by atoms with Gasteiger partial charge in [0.2, 0.25) is 0 Å². The van der Waals surface area contributed by atoms with E-state index in [1.165, 1.54) is 0 Å². The number of esters is 1. The van der Waals surface area contributed by atoms with Gasteiger partial charge in [0.15, 0.2) is 0 Å². The zero-order valence-electron chi connectivity index (χ0n) is 10.1. The third kappa shape index (κ3) is 4.15. The minimum atomic E-state index is -4.17. The van der Waals surface area contributed by atoms with Gasteiger partial charge in [-0.25, -0.2) is 17.6 Å². The first-order valence-electron chi connectivity index (χ1n) is 5.31. The van der Waals surface area contributed by atoms with Crippen molar-refractivity contribution in [3.63, 3.8) is 0 Å². The number of ether oxygens (including phenoxy) is 1. The van der Waals surface area contributed by atoms with E-state index in [0.29, 0.717) is 6.42 Å². The third-order valence-electron chi connectivity index (χ3n) is 2.38. The molecule has 0 heterocycles. The Labute approximate surface area is 123 Å². The molecule has 19 heavy (non-hydrogen) atoms. The number of hydrogen-bond acceptors (Lipinski definition) is 4. The standard InChI is InChI=1S/C11H11BrClFO4S/c1-3-6(2)18-11(15)7-4-8(14)10(12)9(5-7)19(13,16)17/h4-6H,3H2,1-2H3. The van der Waals surface area contributed by atoms with Crippen LogP contribution in [-0.4, -0.2) is 20.5 Å². The molecule has 0 radical (unpaired) electrons. The van der Waals surface area contributed by atoms with Crippen molar-refractivity contribution in [1.29, 1.82) is 0 Å². The molecule has 0 aliphatic rings. The minimum absolute atomic E-state index is 0.208. The average molecular weight is 374 g/mol. The number of halogens is 3. The number of carbonyl (C=O) groups is 1. The van der Waals surface area contributed by atoms with Crippen molar-refractivity contribution in [2.24, 2.45) is 0 Å². The average Bonchev–Trinajstić information content (AvgIpc) is 2.30. The first-order chi connectivity index (χ1) is 8.66. The highest BCUT2D eigenvalue weighted by molar-refractivity contribution is 9.10. The lowest BCUT2D eigenvalue weighted by molar-refractivity contribution is 0.0333. The van der Waals surface area contributed by atoms with E-state index in [4.69, 9.17) is 15.4 Å². The summed E-state index contributed by atoms with van der Waals surface area (Å²) >= 11 is 2.77. The van der Waals surface area contributed by atoms with Crippen LogP contribution in [-0.2, 0) is 13.8 Å². The van der Waals surface area contributed by atoms with Gasteiger partial charge in [0, 0.05) is 10.7 Å². The SMILES string of the molecule is CCC(C)OC(=O)c1cc(F)c(Br)c(S(=O)(=O)Cl)c1. The second kappa shape index (κ2) is 6.19. The number of rotatable bonds is 4. The summed E-state index contributed by atoms with van der Waals surface area (Å²) in [5.41, 5.74) is -0.208. The Morgan fingerprint density at radius 3 is 2.58 bits per heavy atom. The number of hydrogen-bond donors (Lipinski definition) is 0. The van der Waals surface area contributed by atoms with Gasteiger partial charge in [-0.15, -0.1) is 0 Å². The Balaban J connectivity index is 3.25. The molecule has 1 aromatic carbocycles. The van der Waals surface area contributed by atoms with Crippen LogP contribution in [0.25, 0.3) is 0 Å². The first-order valence-corrected chi connectivity index (χ1v) is 8.41. The van der Waals surface area contributed by atoms with Crippen LogP contribution in [0.1, 0.15) is 30.6 Å². The summed E-state index contributed by atoms with van der Waals surface area (Å²) in [6.07, 6.45) is 0.237. The molecule has 0 saturated carbocycles. The van der Waals surface area contributed by atoms with E-state index in [9.17, 15) is 17.6 Å². The molecule has 0 N–H and O–H groups in total. The lowest BCUT2D eigenvalue weighted by Crippen LogP contribution is -2.14. The molecule has 0 aromatic heterocycles. The van der Waals surface area contributed by atoms with Crippen molar-refractivity contribution in [3.8, 4) is 0 Å². The largest absolute Gasteiger partial charge is 0.459 e. The molecule has 0 saturated heterocycles. The second-order valence-electron chi connectivity index (χ2n) is 3.83. The molecule has 0 aliphatic heterocycles. The zero-order valence-corrected chi connectivity index (χ0v) is 13.3.